The number of benzene rings is 5. The first kappa shape index (κ1) is 28.5. The summed E-state index contributed by atoms with van der Waals surface area (Å²) in [6.45, 7) is 2.03. The number of aromatic nitrogens is 4. The standard InChI is InChI=1S/C43H32N4/c1-29-23-37(21-22-44-29)34-17-10-18-35(25-34)38-26-39(36-20-19-30-11-8-9-16-33(30)24-36)28-40(27-38)43-46-41(31-12-4-2-5-13-31)45-42(47-43)32-14-6-3-7-15-32/h2-7,9-10,12-28H,8,11H2,1H3. The van der Waals surface area contributed by atoms with E-state index in [0.717, 1.165) is 63.0 Å². The fourth-order valence-corrected chi connectivity index (χ4v) is 6.24. The van der Waals surface area contributed by atoms with Crippen molar-refractivity contribution in [3.63, 3.8) is 0 Å². The van der Waals surface area contributed by atoms with E-state index in [0.29, 0.717) is 17.5 Å². The molecule has 0 fully saturated rings. The van der Waals surface area contributed by atoms with Gasteiger partial charge >= 0.3 is 0 Å². The lowest BCUT2D eigenvalue weighted by Gasteiger charge is -2.15. The Bertz CT molecular complexity index is 2200. The van der Waals surface area contributed by atoms with Gasteiger partial charge in [-0.2, -0.15) is 0 Å². The van der Waals surface area contributed by atoms with Crippen molar-refractivity contribution in [1.82, 2.24) is 19.9 Å². The summed E-state index contributed by atoms with van der Waals surface area (Å²) in [4.78, 5) is 19.5. The highest BCUT2D eigenvalue weighted by atomic mass is 15.0. The number of hydrogen-bond donors (Lipinski definition) is 0. The van der Waals surface area contributed by atoms with Gasteiger partial charge in [-0.15, -0.1) is 0 Å². The molecule has 2 heterocycles. The van der Waals surface area contributed by atoms with Gasteiger partial charge in [0.25, 0.3) is 0 Å². The molecule has 7 aromatic rings. The van der Waals surface area contributed by atoms with Crippen LogP contribution in [0.25, 0.3) is 73.6 Å². The third-order valence-corrected chi connectivity index (χ3v) is 8.67. The van der Waals surface area contributed by atoms with Crippen molar-refractivity contribution in [2.75, 3.05) is 0 Å². The van der Waals surface area contributed by atoms with Crippen LogP contribution in [-0.4, -0.2) is 19.9 Å². The Labute approximate surface area is 275 Å². The minimum Gasteiger partial charge on any atom is -0.262 e. The molecule has 0 spiro atoms. The number of nitrogens with zero attached hydrogens (tertiary/aromatic N) is 4. The van der Waals surface area contributed by atoms with Crippen LogP contribution in [0.2, 0.25) is 0 Å². The summed E-state index contributed by atoms with van der Waals surface area (Å²) in [6, 6.07) is 46.7. The summed E-state index contributed by atoms with van der Waals surface area (Å²) in [5.41, 5.74) is 13.3. The maximum absolute atomic E-state index is 5.07. The minimum atomic E-state index is 0.638. The first-order valence-electron chi connectivity index (χ1n) is 16.0. The first-order chi connectivity index (χ1) is 23.2. The summed E-state index contributed by atoms with van der Waals surface area (Å²) >= 11 is 0. The van der Waals surface area contributed by atoms with Crippen molar-refractivity contribution in [1.29, 1.82) is 0 Å². The lowest BCUT2D eigenvalue weighted by Crippen LogP contribution is -2.00. The molecule has 47 heavy (non-hydrogen) atoms. The molecule has 0 radical (unpaired) electrons. The quantitative estimate of drug-likeness (QED) is 0.189. The van der Waals surface area contributed by atoms with Gasteiger partial charge in [0.15, 0.2) is 17.5 Å². The predicted octanol–water partition coefficient (Wildman–Crippen LogP) is 10.5. The van der Waals surface area contributed by atoms with Gasteiger partial charge in [0.1, 0.15) is 0 Å². The van der Waals surface area contributed by atoms with Crippen molar-refractivity contribution in [2.45, 2.75) is 19.8 Å². The molecule has 1 aliphatic carbocycles. The lowest BCUT2D eigenvalue weighted by atomic mass is 9.90. The molecule has 4 heteroatoms. The molecule has 0 N–H and O–H groups in total. The zero-order valence-electron chi connectivity index (χ0n) is 26.1. The number of rotatable bonds is 6. The first-order valence-corrected chi connectivity index (χ1v) is 16.0. The van der Waals surface area contributed by atoms with E-state index >= 15 is 0 Å². The maximum Gasteiger partial charge on any atom is 0.164 e. The van der Waals surface area contributed by atoms with Gasteiger partial charge in [-0.25, -0.2) is 15.0 Å². The monoisotopic (exact) mass is 604 g/mol. The Morgan fingerprint density at radius 1 is 0.447 bits per heavy atom. The van der Waals surface area contributed by atoms with E-state index in [9.17, 15) is 0 Å². The van der Waals surface area contributed by atoms with Crippen LogP contribution >= 0.6 is 0 Å². The van der Waals surface area contributed by atoms with Crippen molar-refractivity contribution >= 4 is 6.08 Å². The van der Waals surface area contributed by atoms with Crippen LogP contribution in [0.4, 0.5) is 0 Å². The molecule has 0 amide bonds. The second-order valence-electron chi connectivity index (χ2n) is 12.0. The fraction of sp³-hybridized carbons (Fsp3) is 0.0698. The topological polar surface area (TPSA) is 51.6 Å². The average molecular weight is 605 g/mol. The second kappa shape index (κ2) is 12.4. The maximum atomic E-state index is 5.07. The van der Waals surface area contributed by atoms with E-state index in [2.05, 4.69) is 89.9 Å². The third kappa shape index (κ3) is 6.01. The summed E-state index contributed by atoms with van der Waals surface area (Å²) in [5.74, 6) is 1.94. The van der Waals surface area contributed by atoms with E-state index in [4.69, 9.17) is 15.0 Å². The predicted molar refractivity (Wildman–Crippen MR) is 192 cm³/mol. The van der Waals surface area contributed by atoms with E-state index in [1.54, 1.807) is 0 Å². The molecule has 5 aromatic carbocycles. The van der Waals surface area contributed by atoms with Gasteiger partial charge < -0.3 is 0 Å². The van der Waals surface area contributed by atoms with Crippen LogP contribution in [0.3, 0.4) is 0 Å². The molecule has 0 bridgehead atoms. The van der Waals surface area contributed by atoms with Gasteiger partial charge in [-0.3, -0.25) is 4.98 Å². The van der Waals surface area contributed by atoms with Gasteiger partial charge in [-0.1, -0.05) is 103 Å². The van der Waals surface area contributed by atoms with Crippen molar-refractivity contribution < 1.29 is 0 Å². The molecule has 0 saturated carbocycles. The van der Waals surface area contributed by atoms with E-state index < -0.39 is 0 Å². The van der Waals surface area contributed by atoms with Gasteiger partial charge in [-0.05, 0) is 107 Å². The largest absolute Gasteiger partial charge is 0.262 e. The van der Waals surface area contributed by atoms with Crippen LogP contribution in [-0.2, 0) is 6.42 Å². The minimum absolute atomic E-state index is 0.638. The van der Waals surface area contributed by atoms with Crippen molar-refractivity contribution in [3.8, 4) is 67.5 Å². The molecule has 0 atom stereocenters. The molecule has 8 rings (SSSR count). The Morgan fingerprint density at radius 2 is 0.979 bits per heavy atom. The van der Waals surface area contributed by atoms with Crippen LogP contribution < -0.4 is 0 Å². The van der Waals surface area contributed by atoms with Crippen LogP contribution in [0, 0.1) is 6.92 Å². The van der Waals surface area contributed by atoms with Crippen molar-refractivity contribution in [2.24, 2.45) is 0 Å². The summed E-state index contributed by atoms with van der Waals surface area (Å²) in [6.07, 6.45) is 8.55. The molecule has 0 unspecified atom stereocenters. The molecule has 224 valence electrons. The number of hydrogen-bond acceptors (Lipinski definition) is 4. The van der Waals surface area contributed by atoms with Gasteiger partial charge in [0, 0.05) is 28.6 Å². The fourth-order valence-electron chi connectivity index (χ4n) is 6.24. The highest BCUT2D eigenvalue weighted by Gasteiger charge is 2.16. The Balaban J connectivity index is 1.33. The summed E-state index contributed by atoms with van der Waals surface area (Å²) in [7, 11) is 0. The van der Waals surface area contributed by atoms with Crippen LogP contribution in [0.15, 0.2) is 146 Å². The average Bonchev–Trinajstić information content (AvgIpc) is 3.15. The Kier molecular flexibility index (Phi) is 7.52. The summed E-state index contributed by atoms with van der Waals surface area (Å²) < 4.78 is 0. The molecule has 1 aliphatic rings. The molecule has 0 saturated heterocycles. The second-order valence-corrected chi connectivity index (χ2v) is 12.0. The van der Waals surface area contributed by atoms with Crippen LogP contribution in [0.5, 0.6) is 0 Å². The van der Waals surface area contributed by atoms with E-state index in [1.807, 2.05) is 73.8 Å². The lowest BCUT2D eigenvalue weighted by molar-refractivity contribution is 0.986. The normalized spacial score (nSPS) is 12.1. The van der Waals surface area contributed by atoms with Gasteiger partial charge in [0.05, 0.1) is 0 Å². The number of pyridine rings is 1. The SMILES string of the molecule is Cc1cc(-c2cccc(-c3cc(-c4ccc5c(c4)C=CCC5)cc(-c4nc(-c5ccccc5)nc(-c5ccccc5)n4)c3)c2)ccn1. The zero-order chi connectivity index (χ0) is 31.6. The molecule has 0 aliphatic heterocycles. The molecule has 2 aromatic heterocycles. The highest BCUT2D eigenvalue weighted by Crippen LogP contribution is 2.36. The highest BCUT2D eigenvalue weighted by molar-refractivity contribution is 5.83. The zero-order valence-corrected chi connectivity index (χ0v) is 26.1. The number of fused-ring (bicyclic) bond motifs is 1. The molecular formula is C43H32N4. The smallest absolute Gasteiger partial charge is 0.164 e. The van der Waals surface area contributed by atoms with E-state index in [1.165, 1.54) is 16.7 Å². The number of allylic oxidation sites excluding steroid dienone is 1. The molecule has 4 nitrogen and oxygen atoms in total. The Morgan fingerprint density at radius 3 is 1.64 bits per heavy atom. The van der Waals surface area contributed by atoms with Gasteiger partial charge in [0.2, 0.25) is 0 Å². The van der Waals surface area contributed by atoms with E-state index in [-0.39, 0.29) is 0 Å². The summed E-state index contributed by atoms with van der Waals surface area (Å²) in [5, 5.41) is 0. The number of aryl methyl sites for hydroxylation is 2. The molecular weight excluding hydrogens is 573 g/mol. The van der Waals surface area contributed by atoms with Crippen molar-refractivity contribution in [3.05, 3.63) is 163 Å². The Hall–Kier alpha value is -6.00. The third-order valence-electron chi connectivity index (χ3n) is 8.67. The van der Waals surface area contributed by atoms with Crippen LogP contribution in [0.1, 0.15) is 23.2 Å².